The van der Waals surface area contributed by atoms with Crippen LogP contribution in [0.5, 0.6) is 5.75 Å². The lowest BCUT2D eigenvalue weighted by Crippen LogP contribution is -2.48. The van der Waals surface area contributed by atoms with Crippen LogP contribution in [0.1, 0.15) is 34.6 Å². The maximum absolute atomic E-state index is 12.9. The Morgan fingerprint density at radius 2 is 1.68 bits per heavy atom. The van der Waals surface area contributed by atoms with Crippen LogP contribution in [0.2, 0.25) is 0 Å². The summed E-state index contributed by atoms with van der Waals surface area (Å²) in [6, 6.07) is 20.5. The Kier molecular flexibility index (Phi) is 8.24. The number of ether oxygens (including phenoxy) is 1. The minimum atomic E-state index is -0.640. The standard InChI is InChI=1S/C25H28N2O3S/c1-18(2)30-21-12-10-19(11-13-21)14-15-26-24(28)22(17-20-7-4-3-5-8-20)27-25(29)23-9-6-16-31-23/h3-13,16,18,22H,14-15,17H2,1-2H3,(H,26,28)(H,27,29). The van der Waals surface area contributed by atoms with Crippen LogP contribution >= 0.6 is 11.3 Å². The highest BCUT2D eigenvalue weighted by Crippen LogP contribution is 2.14. The lowest BCUT2D eigenvalue weighted by atomic mass is 10.0. The second-order valence-electron chi connectivity index (χ2n) is 7.54. The first-order chi connectivity index (χ1) is 15.0. The van der Waals surface area contributed by atoms with E-state index in [-0.39, 0.29) is 17.9 Å². The van der Waals surface area contributed by atoms with Gasteiger partial charge in [0.1, 0.15) is 11.8 Å². The van der Waals surface area contributed by atoms with Crippen molar-refractivity contribution < 1.29 is 14.3 Å². The van der Waals surface area contributed by atoms with Gasteiger partial charge >= 0.3 is 0 Å². The summed E-state index contributed by atoms with van der Waals surface area (Å²) in [5.74, 6) is 0.419. The Balaban J connectivity index is 1.57. The molecule has 0 radical (unpaired) electrons. The molecule has 3 rings (SSSR count). The predicted octanol–water partition coefficient (Wildman–Crippen LogP) is 4.24. The van der Waals surface area contributed by atoms with Gasteiger partial charge < -0.3 is 15.4 Å². The van der Waals surface area contributed by atoms with Gasteiger partial charge in [0.05, 0.1) is 11.0 Å². The highest BCUT2D eigenvalue weighted by Gasteiger charge is 2.22. The molecule has 2 amide bonds. The Labute approximate surface area is 187 Å². The number of hydrogen-bond donors (Lipinski definition) is 2. The second-order valence-corrected chi connectivity index (χ2v) is 8.49. The Hall–Kier alpha value is -3.12. The molecular formula is C25H28N2O3S. The highest BCUT2D eigenvalue weighted by atomic mass is 32.1. The fourth-order valence-electron chi connectivity index (χ4n) is 3.16. The fourth-order valence-corrected chi connectivity index (χ4v) is 3.78. The van der Waals surface area contributed by atoms with E-state index in [1.807, 2.05) is 79.9 Å². The third kappa shape index (κ3) is 7.26. The minimum absolute atomic E-state index is 0.135. The SMILES string of the molecule is CC(C)Oc1ccc(CCNC(=O)C(Cc2ccccc2)NC(=O)c2cccs2)cc1. The molecule has 3 aromatic rings. The van der Waals surface area contributed by atoms with Crippen LogP contribution in [0, 0.1) is 0 Å². The van der Waals surface area contributed by atoms with E-state index < -0.39 is 6.04 Å². The molecule has 0 bridgehead atoms. The monoisotopic (exact) mass is 436 g/mol. The maximum atomic E-state index is 12.9. The first-order valence-electron chi connectivity index (χ1n) is 10.4. The van der Waals surface area contributed by atoms with Crippen LogP contribution in [0.4, 0.5) is 0 Å². The Morgan fingerprint density at radius 3 is 2.32 bits per heavy atom. The summed E-state index contributed by atoms with van der Waals surface area (Å²) in [6.45, 7) is 4.47. The molecule has 2 N–H and O–H groups in total. The Bertz CT molecular complexity index is 954. The van der Waals surface area contributed by atoms with E-state index in [0.717, 1.165) is 16.9 Å². The van der Waals surface area contributed by atoms with E-state index >= 15 is 0 Å². The van der Waals surface area contributed by atoms with Crippen LogP contribution in [0.25, 0.3) is 0 Å². The van der Waals surface area contributed by atoms with Gasteiger partial charge in [-0.05, 0) is 55.0 Å². The molecule has 0 spiro atoms. The summed E-state index contributed by atoms with van der Waals surface area (Å²) in [5, 5.41) is 7.70. The van der Waals surface area contributed by atoms with Gasteiger partial charge in [0, 0.05) is 13.0 Å². The molecule has 0 aliphatic heterocycles. The summed E-state index contributed by atoms with van der Waals surface area (Å²) >= 11 is 1.36. The van der Waals surface area contributed by atoms with E-state index in [4.69, 9.17) is 4.74 Å². The molecule has 1 aromatic heterocycles. The largest absolute Gasteiger partial charge is 0.491 e. The van der Waals surface area contributed by atoms with Gasteiger partial charge in [-0.2, -0.15) is 0 Å². The zero-order chi connectivity index (χ0) is 22.1. The van der Waals surface area contributed by atoms with Gasteiger partial charge in [0.15, 0.2) is 0 Å². The quantitative estimate of drug-likeness (QED) is 0.500. The van der Waals surface area contributed by atoms with Gasteiger partial charge in [-0.3, -0.25) is 9.59 Å². The molecule has 1 atom stereocenters. The highest BCUT2D eigenvalue weighted by molar-refractivity contribution is 7.12. The van der Waals surface area contributed by atoms with E-state index in [1.165, 1.54) is 11.3 Å². The van der Waals surface area contributed by atoms with Crippen molar-refractivity contribution in [3.05, 3.63) is 88.1 Å². The first kappa shape index (κ1) is 22.6. The fraction of sp³-hybridized carbons (Fsp3) is 0.280. The zero-order valence-electron chi connectivity index (χ0n) is 17.8. The summed E-state index contributed by atoms with van der Waals surface area (Å²) in [5.41, 5.74) is 2.11. The van der Waals surface area contributed by atoms with E-state index in [2.05, 4.69) is 10.6 Å². The van der Waals surface area contributed by atoms with E-state index in [1.54, 1.807) is 6.07 Å². The number of thiophene rings is 1. The van der Waals surface area contributed by atoms with Crippen LogP contribution in [-0.4, -0.2) is 30.5 Å². The van der Waals surface area contributed by atoms with Crippen molar-refractivity contribution in [1.82, 2.24) is 10.6 Å². The summed E-state index contributed by atoms with van der Waals surface area (Å²) in [6.07, 6.45) is 1.27. The molecule has 0 fully saturated rings. The van der Waals surface area contributed by atoms with Crippen LogP contribution in [0.15, 0.2) is 72.1 Å². The normalized spacial score (nSPS) is 11.7. The number of carbonyl (C=O) groups is 2. The number of carbonyl (C=O) groups excluding carboxylic acids is 2. The average molecular weight is 437 g/mol. The molecule has 1 unspecified atom stereocenters. The van der Waals surface area contributed by atoms with E-state index in [0.29, 0.717) is 24.3 Å². The maximum Gasteiger partial charge on any atom is 0.262 e. The van der Waals surface area contributed by atoms with Crippen molar-refractivity contribution in [3.63, 3.8) is 0 Å². The predicted molar refractivity (Wildman–Crippen MR) is 125 cm³/mol. The topological polar surface area (TPSA) is 67.4 Å². The van der Waals surface area contributed by atoms with Gasteiger partial charge in [-0.15, -0.1) is 11.3 Å². The van der Waals surface area contributed by atoms with Gasteiger partial charge in [-0.1, -0.05) is 48.5 Å². The molecule has 31 heavy (non-hydrogen) atoms. The summed E-state index contributed by atoms with van der Waals surface area (Å²) in [4.78, 5) is 26.0. The second kappa shape index (κ2) is 11.3. The average Bonchev–Trinajstić information content (AvgIpc) is 3.30. The molecule has 162 valence electrons. The molecule has 0 saturated carbocycles. The molecule has 0 aliphatic carbocycles. The van der Waals surface area contributed by atoms with Crippen molar-refractivity contribution in [1.29, 1.82) is 0 Å². The number of hydrogen-bond acceptors (Lipinski definition) is 4. The molecular weight excluding hydrogens is 408 g/mol. The van der Waals surface area contributed by atoms with Crippen molar-refractivity contribution in [3.8, 4) is 5.75 Å². The van der Waals surface area contributed by atoms with Crippen LogP contribution in [-0.2, 0) is 17.6 Å². The third-order valence-electron chi connectivity index (χ3n) is 4.66. The van der Waals surface area contributed by atoms with Crippen molar-refractivity contribution in [2.75, 3.05) is 6.54 Å². The third-order valence-corrected chi connectivity index (χ3v) is 5.53. The first-order valence-corrected chi connectivity index (χ1v) is 11.3. The molecule has 1 heterocycles. The lowest BCUT2D eigenvalue weighted by Gasteiger charge is -2.18. The van der Waals surface area contributed by atoms with E-state index in [9.17, 15) is 9.59 Å². The van der Waals surface area contributed by atoms with Gasteiger partial charge in [0.25, 0.3) is 5.91 Å². The number of rotatable bonds is 10. The zero-order valence-corrected chi connectivity index (χ0v) is 18.7. The van der Waals surface area contributed by atoms with Gasteiger partial charge in [0.2, 0.25) is 5.91 Å². The molecule has 6 heteroatoms. The lowest BCUT2D eigenvalue weighted by molar-refractivity contribution is -0.122. The summed E-state index contributed by atoms with van der Waals surface area (Å²) in [7, 11) is 0. The summed E-state index contributed by atoms with van der Waals surface area (Å²) < 4.78 is 5.66. The molecule has 2 aromatic carbocycles. The molecule has 0 saturated heterocycles. The van der Waals surface area contributed by atoms with Gasteiger partial charge in [-0.25, -0.2) is 0 Å². The smallest absolute Gasteiger partial charge is 0.262 e. The van der Waals surface area contributed by atoms with Crippen LogP contribution < -0.4 is 15.4 Å². The van der Waals surface area contributed by atoms with Crippen molar-refractivity contribution in [2.24, 2.45) is 0 Å². The van der Waals surface area contributed by atoms with Crippen molar-refractivity contribution >= 4 is 23.2 Å². The molecule has 0 aliphatic rings. The Morgan fingerprint density at radius 1 is 0.935 bits per heavy atom. The minimum Gasteiger partial charge on any atom is -0.491 e. The van der Waals surface area contributed by atoms with Crippen LogP contribution in [0.3, 0.4) is 0 Å². The number of amides is 2. The number of nitrogens with one attached hydrogen (secondary N) is 2. The number of benzene rings is 2. The molecule has 5 nitrogen and oxygen atoms in total. The van der Waals surface area contributed by atoms with Crippen molar-refractivity contribution in [2.45, 2.75) is 38.8 Å².